The Kier molecular flexibility index (Phi) is 4.94. The molecule has 0 atom stereocenters. The van der Waals surface area contributed by atoms with Gasteiger partial charge in [-0.2, -0.15) is 0 Å². The molecular weight excluding hydrogens is 359 g/mol. The van der Waals surface area contributed by atoms with E-state index in [0.717, 1.165) is 37.7 Å². The third-order valence-corrected chi connectivity index (χ3v) is 5.49. The fraction of sp³-hybridized carbons (Fsp3) is 0.318. The van der Waals surface area contributed by atoms with E-state index in [4.69, 9.17) is 0 Å². The van der Waals surface area contributed by atoms with Gasteiger partial charge in [0.05, 0.1) is 11.1 Å². The molecule has 1 N–H and O–H groups in total. The Labute approximate surface area is 162 Å². The van der Waals surface area contributed by atoms with Crippen LogP contribution in [0.4, 0.5) is 4.39 Å². The van der Waals surface area contributed by atoms with E-state index in [1.165, 1.54) is 23.1 Å². The smallest absolute Gasteiger partial charge is 0.261 e. The maximum Gasteiger partial charge on any atom is 0.261 e. The molecule has 0 saturated heterocycles. The van der Waals surface area contributed by atoms with E-state index in [-0.39, 0.29) is 36.1 Å². The first-order valence-corrected chi connectivity index (χ1v) is 9.59. The Balaban J connectivity index is 1.49. The highest BCUT2D eigenvalue weighted by Gasteiger charge is 2.40. The Morgan fingerprint density at radius 1 is 0.964 bits per heavy atom. The highest BCUT2D eigenvalue weighted by atomic mass is 19.1. The fourth-order valence-corrected chi connectivity index (χ4v) is 3.96. The van der Waals surface area contributed by atoms with Crippen molar-refractivity contribution < 1.29 is 18.8 Å². The normalized spacial score (nSPS) is 17.0. The van der Waals surface area contributed by atoms with Gasteiger partial charge >= 0.3 is 0 Å². The van der Waals surface area contributed by atoms with Crippen LogP contribution in [0.15, 0.2) is 42.5 Å². The van der Waals surface area contributed by atoms with E-state index < -0.39 is 0 Å². The van der Waals surface area contributed by atoms with Gasteiger partial charge in [-0.3, -0.25) is 19.3 Å². The summed E-state index contributed by atoms with van der Waals surface area (Å²) in [6.07, 6.45) is 4.87. The molecule has 1 aliphatic carbocycles. The van der Waals surface area contributed by atoms with Crippen LogP contribution in [-0.2, 0) is 6.54 Å². The van der Waals surface area contributed by atoms with Crippen LogP contribution < -0.4 is 5.32 Å². The van der Waals surface area contributed by atoms with Crippen LogP contribution >= 0.6 is 0 Å². The summed E-state index contributed by atoms with van der Waals surface area (Å²) in [5, 5.41) is 2.76. The zero-order valence-corrected chi connectivity index (χ0v) is 15.4. The first kappa shape index (κ1) is 18.3. The number of nitrogens with one attached hydrogen (secondary N) is 1. The van der Waals surface area contributed by atoms with E-state index in [0.29, 0.717) is 16.7 Å². The number of fused-ring (bicyclic) bond motifs is 1. The Morgan fingerprint density at radius 2 is 1.64 bits per heavy atom. The number of hydrogen-bond donors (Lipinski definition) is 1. The van der Waals surface area contributed by atoms with E-state index in [9.17, 15) is 18.8 Å². The second-order valence-corrected chi connectivity index (χ2v) is 7.34. The van der Waals surface area contributed by atoms with Crippen molar-refractivity contribution in [3.63, 3.8) is 0 Å². The number of carbonyl (C=O) groups is 3. The predicted octanol–water partition coefficient (Wildman–Crippen LogP) is 3.68. The third kappa shape index (κ3) is 3.42. The van der Waals surface area contributed by atoms with Crippen molar-refractivity contribution in [1.82, 2.24) is 10.2 Å². The highest BCUT2D eigenvalue weighted by molar-refractivity contribution is 6.22. The van der Waals surface area contributed by atoms with Crippen molar-refractivity contribution in [3.8, 4) is 0 Å². The molecule has 0 bridgehead atoms. The molecule has 1 fully saturated rings. The second kappa shape index (κ2) is 7.54. The lowest BCUT2D eigenvalue weighted by Crippen LogP contribution is -2.40. The van der Waals surface area contributed by atoms with Gasteiger partial charge in [-0.25, -0.2) is 4.39 Å². The summed E-state index contributed by atoms with van der Waals surface area (Å²) in [6, 6.07) is 10.4. The second-order valence-electron chi connectivity index (χ2n) is 7.34. The molecule has 28 heavy (non-hydrogen) atoms. The molecule has 0 unspecified atom stereocenters. The van der Waals surface area contributed by atoms with Crippen LogP contribution in [0.2, 0.25) is 0 Å². The molecule has 2 aromatic carbocycles. The van der Waals surface area contributed by atoms with Crippen molar-refractivity contribution in [3.05, 3.63) is 70.5 Å². The standard InChI is InChI=1S/C22H21FN2O3/c23-16-9-6-14(7-10-16)13-24-20(26)15-8-11-18-19(12-15)22(28)25(21(18)27)17-4-2-1-3-5-17/h6-12,17H,1-5,13H2,(H,24,26). The molecule has 1 saturated carbocycles. The minimum atomic E-state index is -0.344. The summed E-state index contributed by atoms with van der Waals surface area (Å²) >= 11 is 0. The lowest BCUT2D eigenvalue weighted by atomic mass is 9.94. The number of rotatable bonds is 4. The minimum Gasteiger partial charge on any atom is -0.348 e. The summed E-state index contributed by atoms with van der Waals surface area (Å²) in [5.74, 6) is -1.24. The fourth-order valence-electron chi connectivity index (χ4n) is 3.96. The maximum atomic E-state index is 13.0. The van der Waals surface area contributed by atoms with Crippen molar-refractivity contribution >= 4 is 17.7 Å². The monoisotopic (exact) mass is 380 g/mol. The molecule has 2 aliphatic rings. The summed E-state index contributed by atoms with van der Waals surface area (Å²) < 4.78 is 13.0. The van der Waals surface area contributed by atoms with E-state index in [2.05, 4.69) is 5.32 Å². The van der Waals surface area contributed by atoms with E-state index in [1.807, 2.05) is 0 Å². The molecule has 0 aromatic heterocycles. The Bertz CT molecular complexity index is 933. The van der Waals surface area contributed by atoms with Gasteiger partial charge in [-0.15, -0.1) is 0 Å². The lowest BCUT2D eigenvalue weighted by Gasteiger charge is -2.29. The van der Waals surface area contributed by atoms with Crippen molar-refractivity contribution in [2.75, 3.05) is 0 Å². The van der Waals surface area contributed by atoms with Crippen LogP contribution in [0.5, 0.6) is 0 Å². The average molecular weight is 380 g/mol. The molecule has 5 nitrogen and oxygen atoms in total. The maximum absolute atomic E-state index is 13.0. The van der Waals surface area contributed by atoms with Crippen molar-refractivity contribution in [2.24, 2.45) is 0 Å². The van der Waals surface area contributed by atoms with Gasteiger partial charge < -0.3 is 5.32 Å². The first-order chi connectivity index (χ1) is 13.5. The van der Waals surface area contributed by atoms with E-state index >= 15 is 0 Å². The van der Waals surface area contributed by atoms with Crippen LogP contribution in [0, 0.1) is 5.82 Å². The van der Waals surface area contributed by atoms with Gasteiger partial charge in [-0.05, 0) is 48.7 Å². The number of imide groups is 1. The topological polar surface area (TPSA) is 66.5 Å². The summed E-state index contributed by atoms with van der Waals surface area (Å²) in [7, 11) is 0. The van der Waals surface area contributed by atoms with Crippen LogP contribution in [-0.4, -0.2) is 28.7 Å². The van der Waals surface area contributed by atoms with Crippen LogP contribution in [0.3, 0.4) is 0 Å². The summed E-state index contributed by atoms with van der Waals surface area (Å²) in [6.45, 7) is 0.247. The molecule has 3 amide bonds. The summed E-state index contributed by atoms with van der Waals surface area (Å²) in [5.41, 5.74) is 1.76. The van der Waals surface area contributed by atoms with Gasteiger partial charge in [0.2, 0.25) is 0 Å². The highest BCUT2D eigenvalue weighted by Crippen LogP contribution is 2.31. The molecule has 6 heteroatoms. The minimum absolute atomic E-state index is 0.0445. The molecular formula is C22H21FN2O3. The van der Waals surface area contributed by atoms with Crippen molar-refractivity contribution in [2.45, 2.75) is 44.7 Å². The molecule has 0 radical (unpaired) electrons. The quantitative estimate of drug-likeness (QED) is 0.823. The van der Waals surface area contributed by atoms with Gasteiger partial charge in [0.25, 0.3) is 17.7 Å². The van der Waals surface area contributed by atoms with Gasteiger partial charge in [-0.1, -0.05) is 31.4 Å². The van der Waals surface area contributed by atoms with E-state index in [1.54, 1.807) is 24.3 Å². The van der Waals surface area contributed by atoms with Gasteiger partial charge in [0.1, 0.15) is 5.82 Å². The Hall–Kier alpha value is -3.02. The van der Waals surface area contributed by atoms with Crippen LogP contribution in [0.1, 0.15) is 68.7 Å². The zero-order chi connectivity index (χ0) is 19.7. The molecule has 1 heterocycles. The first-order valence-electron chi connectivity index (χ1n) is 9.59. The lowest BCUT2D eigenvalue weighted by molar-refractivity contribution is 0.0549. The van der Waals surface area contributed by atoms with Crippen molar-refractivity contribution in [1.29, 1.82) is 0 Å². The molecule has 2 aromatic rings. The van der Waals surface area contributed by atoms with Gasteiger partial charge in [0, 0.05) is 18.2 Å². The third-order valence-electron chi connectivity index (χ3n) is 5.49. The Morgan fingerprint density at radius 3 is 2.36 bits per heavy atom. The number of carbonyl (C=O) groups excluding carboxylic acids is 3. The number of amides is 3. The molecule has 1 aliphatic heterocycles. The SMILES string of the molecule is O=C(NCc1ccc(F)cc1)c1ccc2c(c1)C(=O)N(C1CCCCC1)C2=O. The van der Waals surface area contributed by atoms with Gasteiger partial charge in [0.15, 0.2) is 0 Å². The molecule has 0 spiro atoms. The number of hydrogen-bond acceptors (Lipinski definition) is 3. The largest absolute Gasteiger partial charge is 0.348 e. The number of benzene rings is 2. The summed E-state index contributed by atoms with van der Waals surface area (Å²) in [4.78, 5) is 39.4. The predicted molar refractivity (Wildman–Crippen MR) is 101 cm³/mol. The number of nitrogens with zero attached hydrogens (tertiary/aromatic N) is 1. The van der Waals surface area contributed by atoms with Crippen LogP contribution in [0.25, 0.3) is 0 Å². The molecule has 144 valence electrons. The zero-order valence-electron chi connectivity index (χ0n) is 15.4. The molecule has 4 rings (SSSR count). The number of halogens is 1. The average Bonchev–Trinajstić information content (AvgIpc) is 2.98.